The van der Waals surface area contributed by atoms with Crippen LogP contribution in [0.5, 0.6) is 0 Å². The van der Waals surface area contributed by atoms with Crippen molar-refractivity contribution >= 4 is 17.5 Å². The van der Waals surface area contributed by atoms with Crippen molar-refractivity contribution in [2.45, 2.75) is 18.4 Å². The van der Waals surface area contributed by atoms with Crippen molar-refractivity contribution in [2.75, 3.05) is 13.6 Å². The number of pyridine rings is 1. The van der Waals surface area contributed by atoms with Gasteiger partial charge in [-0.3, -0.25) is 4.79 Å². The van der Waals surface area contributed by atoms with Crippen LogP contribution >= 0.6 is 11.6 Å². The molecule has 0 bridgehead atoms. The summed E-state index contributed by atoms with van der Waals surface area (Å²) < 4.78 is 26.7. The largest absolute Gasteiger partial charge is 0.374 e. The van der Waals surface area contributed by atoms with E-state index < -0.39 is 17.9 Å². The van der Waals surface area contributed by atoms with E-state index in [-0.39, 0.29) is 28.6 Å². The summed E-state index contributed by atoms with van der Waals surface area (Å²) in [5.74, 6) is -0.467. The van der Waals surface area contributed by atoms with Gasteiger partial charge in [0.1, 0.15) is 10.8 Å². The molecule has 3 heterocycles. The zero-order valence-electron chi connectivity index (χ0n) is 11.9. The number of amides is 1. The number of aliphatic hydroxyl groups is 1. The molecule has 2 aromatic heterocycles. The van der Waals surface area contributed by atoms with Crippen molar-refractivity contribution < 1.29 is 18.7 Å². The van der Waals surface area contributed by atoms with Gasteiger partial charge in [-0.2, -0.15) is 0 Å². The Labute approximate surface area is 134 Å². The monoisotopic (exact) mass is 343 g/mol. The fourth-order valence-electron chi connectivity index (χ4n) is 2.40. The summed E-state index contributed by atoms with van der Waals surface area (Å²) in [5, 5.41) is 17.9. The molecule has 2 aromatic rings. The van der Waals surface area contributed by atoms with Gasteiger partial charge in [-0.1, -0.05) is 16.8 Å². The van der Waals surface area contributed by atoms with Gasteiger partial charge in [-0.05, 0) is 12.1 Å². The molecule has 122 valence electrons. The van der Waals surface area contributed by atoms with Gasteiger partial charge in [0.2, 0.25) is 0 Å². The van der Waals surface area contributed by atoms with Crippen molar-refractivity contribution in [3.8, 4) is 5.82 Å². The lowest BCUT2D eigenvalue weighted by Crippen LogP contribution is -2.36. The number of likely N-dealkylation sites (N-methyl/N-ethyl adjacent to an activating group) is 1. The Morgan fingerprint density at radius 1 is 1.43 bits per heavy atom. The standard InChI is InChI=1S/C13H12ClF2N5O2/c1-20-3-2-13(23,12(20)22)8-6-21(19-18-8)10-5-7(11(15)16)4-9(14)17-10/h4-6,11,23H,2-3H2,1H3. The summed E-state index contributed by atoms with van der Waals surface area (Å²) in [4.78, 5) is 17.3. The minimum absolute atomic E-state index is 0.0222. The van der Waals surface area contributed by atoms with Crippen molar-refractivity contribution in [2.24, 2.45) is 0 Å². The molecular weight excluding hydrogens is 332 g/mol. The van der Waals surface area contributed by atoms with Crippen LogP contribution in [0.15, 0.2) is 18.3 Å². The molecule has 3 rings (SSSR count). The maximum Gasteiger partial charge on any atom is 0.264 e. The minimum atomic E-state index is -2.72. The lowest BCUT2D eigenvalue weighted by atomic mass is 9.99. The van der Waals surface area contributed by atoms with Crippen LogP contribution in [0, 0.1) is 0 Å². The molecule has 1 saturated heterocycles. The highest BCUT2D eigenvalue weighted by atomic mass is 35.5. The molecule has 1 aliphatic rings. The van der Waals surface area contributed by atoms with Crippen LogP contribution in [0.4, 0.5) is 8.78 Å². The van der Waals surface area contributed by atoms with Crippen LogP contribution in [0.1, 0.15) is 24.1 Å². The second-order valence-corrected chi connectivity index (χ2v) is 5.65. The molecule has 1 N–H and O–H groups in total. The number of hydrogen-bond donors (Lipinski definition) is 1. The lowest BCUT2D eigenvalue weighted by Gasteiger charge is -2.17. The van der Waals surface area contributed by atoms with Crippen LogP contribution in [0.2, 0.25) is 5.15 Å². The Balaban J connectivity index is 1.98. The maximum absolute atomic E-state index is 12.8. The first-order valence-electron chi connectivity index (χ1n) is 6.68. The Kier molecular flexibility index (Phi) is 3.77. The Bertz CT molecular complexity index is 769. The van der Waals surface area contributed by atoms with E-state index in [1.54, 1.807) is 7.05 Å². The summed E-state index contributed by atoms with van der Waals surface area (Å²) in [5.41, 5.74) is -2.04. The third-order valence-electron chi connectivity index (χ3n) is 3.72. The molecule has 1 aliphatic heterocycles. The van der Waals surface area contributed by atoms with Gasteiger partial charge in [0, 0.05) is 25.6 Å². The van der Waals surface area contributed by atoms with E-state index in [0.717, 1.165) is 16.8 Å². The molecule has 7 nitrogen and oxygen atoms in total. The van der Waals surface area contributed by atoms with E-state index in [4.69, 9.17) is 11.6 Å². The van der Waals surface area contributed by atoms with Crippen molar-refractivity contribution in [1.82, 2.24) is 24.9 Å². The summed E-state index contributed by atoms with van der Waals surface area (Å²) in [6, 6.07) is 2.16. The minimum Gasteiger partial charge on any atom is -0.374 e. The molecule has 1 atom stereocenters. The Morgan fingerprint density at radius 2 is 2.17 bits per heavy atom. The highest BCUT2D eigenvalue weighted by molar-refractivity contribution is 6.29. The van der Waals surface area contributed by atoms with E-state index in [1.807, 2.05) is 0 Å². The number of halogens is 3. The molecule has 0 spiro atoms. The van der Waals surface area contributed by atoms with E-state index in [2.05, 4.69) is 15.3 Å². The first-order valence-corrected chi connectivity index (χ1v) is 7.06. The molecular formula is C13H12ClF2N5O2. The number of likely N-dealkylation sites (tertiary alicyclic amines) is 1. The van der Waals surface area contributed by atoms with Crippen LogP contribution in [0.3, 0.4) is 0 Å². The fourth-order valence-corrected chi connectivity index (χ4v) is 2.61. The normalized spacial score (nSPS) is 21.5. The summed E-state index contributed by atoms with van der Waals surface area (Å²) in [7, 11) is 1.57. The van der Waals surface area contributed by atoms with Crippen LogP contribution in [-0.2, 0) is 10.4 Å². The quantitative estimate of drug-likeness (QED) is 0.849. The van der Waals surface area contributed by atoms with Crippen LogP contribution in [0.25, 0.3) is 5.82 Å². The number of carbonyl (C=O) groups excluding carboxylic acids is 1. The Hall–Kier alpha value is -2.13. The van der Waals surface area contributed by atoms with Crippen LogP contribution < -0.4 is 0 Å². The highest BCUT2D eigenvalue weighted by Gasteiger charge is 2.47. The summed E-state index contributed by atoms with van der Waals surface area (Å²) in [6.07, 6.45) is -1.26. The SMILES string of the molecule is CN1CCC(O)(c2cn(-c3cc(C(F)F)cc(Cl)n3)nn2)C1=O. The van der Waals surface area contributed by atoms with Gasteiger partial charge >= 0.3 is 0 Å². The molecule has 10 heteroatoms. The number of nitrogens with zero attached hydrogens (tertiary/aromatic N) is 5. The molecule has 0 aromatic carbocycles. The van der Waals surface area contributed by atoms with Gasteiger partial charge in [-0.15, -0.1) is 5.10 Å². The predicted molar refractivity (Wildman–Crippen MR) is 75.3 cm³/mol. The molecule has 1 unspecified atom stereocenters. The Morgan fingerprint density at radius 3 is 2.78 bits per heavy atom. The number of aromatic nitrogens is 4. The second kappa shape index (κ2) is 5.50. The van der Waals surface area contributed by atoms with Gasteiger partial charge in [0.25, 0.3) is 12.3 Å². The smallest absolute Gasteiger partial charge is 0.264 e. The van der Waals surface area contributed by atoms with Crippen molar-refractivity contribution in [1.29, 1.82) is 0 Å². The molecule has 0 radical (unpaired) electrons. The van der Waals surface area contributed by atoms with Gasteiger partial charge < -0.3 is 10.0 Å². The number of alkyl halides is 2. The summed E-state index contributed by atoms with van der Waals surface area (Å²) in [6.45, 7) is 0.382. The van der Waals surface area contributed by atoms with Crippen LogP contribution in [-0.4, -0.2) is 49.5 Å². The van der Waals surface area contributed by atoms with Crippen molar-refractivity contribution in [3.05, 3.63) is 34.7 Å². The maximum atomic E-state index is 12.8. The second-order valence-electron chi connectivity index (χ2n) is 5.27. The van der Waals surface area contributed by atoms with E-state index >= 15 is 0 Å². The number of carbonyl (C=O) groups is 1. The van der Waals surface area contributed by atoms with E-state index in [0.29, 0.717) is 6.54 Å². The molecule has 23 heavy (non-hydrogen) atoms. The third kappa shape index (κ3) is 2.66. The molecule has 1 amide bonds. The number of rotatable bonds is 3. The molecule has 0 aliphatic carbocycles. The first-order chi connectivity index (χ1) is 10.8. The average molecular weight is 344 g/mol. The lowest BCUT2D eigenvalue weighted by molar-refractivity contribution is -0.143. The average Bonchev–Trinajstić information content (AvgIpc) is 3.09. The first kappa shape index (κ1) is 15.8. The highest BCUT2D eigenvalue weighted by Crippen LogP contribution is 2.31. The van der Waals surface area contributed by atoms with E-state index in [1.165, 1.54) is 11.1 Å². The van der Waals surface area contributed by atoms with Crippen molar-refractivity contribution in [3.63, 3.8) is 0 Å². The topological polar surface area (TPSA) is 84.1 Å². The zero-order chi connectivity index (χ0) is 16.8. The predicted octanol–water partition coefficient (Wildman–Crippen LogP) is 1.30. The molecule has 0 saturated carbocycles. The third-order valence-corrected chi connectivity index (χ3v) is 3.91. The van der Waals surface area contributed by atoms with Gasteiger partial charge in [0.05, 0.1) is 6.20 Å². The zero-order valence-corrected chi connectivity index (χ0v) is 12.7. The summed E-state index contributed by atoms with van der Waals surface area (Å²) >= 11 is 5.73. The number of hydrogen-bond acceptors (Lipinski definition) is 5. The molecule has 1 fully saturated rings. The van der Waals surface area contributed by atoms with E-state index in [9.17, 15) is 18.7 Å². The van der Waals surface area contributed by atoms with Gasteiger partial charge in [0.15, 0.2) is 11.4 Å². The van der Waals surface area contributed by atoms with Gasteiger partial charge in [-0.25, -0.2) is 18.4 Å². The fraction of sp³-hybridized carbons (Fsp3) is 0.385.